The second-order valence-electron chi connectivity index (χ2n) is 10.4. The molecule has 0 bridgehead atoms. The smallest absolute Gasteiger partial charge is 0.248 e. The molecule has 0 aliphatic carbocycles. The number of para-hydroxylation sites is 1. The summed E-state index contributed by atoms with van der Waals surface area (Å²) in [6, 6.07) is 27.5. The molecule has 224 valence electrons. The molecule has 0 N–H and O–H groups in total. The van der Waals surface area contributed by atoms with Gasteiger partial charge in [0.15, 0.2) is 11.0 Å². The third-order valence-electron chi connectivity index (χ3n) is 7.38. The van der Waals surface area contributed by atoms with Gasteiger partial charge in [-0.3, -0.25) is 14.2 Å². The molecule has 9 nitrogen and oxygen atoms in total. The van der Waals surface area contributed by atoms with E-state index in [1.54, 1.807) is 18.9 Å². The first kappa shape index (κ1) is 30.3. The number of carbonyl (C=O) groups excluding carboxylic acids is 2. The molecule has 0 saturated carbocycles. The molecule has 4 aromatic rings. The first-order valence-corrected chi connectivity index (χ1v) is 15.5. The number of amides is 2. The molecule has 10 heteroatoms. The van der Waals surface area contributed by atoms with E-state index in [9.17, 15) is 9.59 Å². The minimum Gasteiger partial charge on any atom is -0.497 e. The summed E-state index contributed by atoms with van der Waals surface area (Å²) < 4.78 is 13.1. The average molecular weight is 600 g/mol. The molecule has 43 heavy (non-hydrogen) atoms. The first-order valence-electron chi connectivity index (χ1n) is 14.5. The average Bonchev–Trinajstić information content (AvgIpc) is 3.47. The highest BCUT2D eigenvalue weighted by molar-refractivity contribution is 7.99. The van der Waals surface area contributed by atoms with Gasteiger partial charge in [0.25, 0.3) is 0 Å². The van der Waals surface area contributed by atoms with Gasteiger partial charge in [0.1, 0.15) is 12.4 Å². The molecule has 2 heterocycles. The van der Waals surface area contributed by atoms with Crippen molar-refractivity contribution < 1.29 is 19.1 Å². The summed E-state index contributed by atoms with van der Waals surface area (Å²) >= 11 is 1.59. The number of aromatic nitrogens is 3. The van der Waals surface area contributed by atoms with Crippen LogP contribution in [0.5, 0.6) is 5.75 Å². The largest absolute Gasteiger partial charge is 0.497 e. The van der Waals surface area contributed by atoms with Crippen molar-refractivity contribution in [1.82, 2.24) is 24.6 Å². The fraction of sp³-hybridized carbons (Fsp3) is 0.333. The quantitative estimate of drug-likeness (QED) is 0.166. The van der Waals surface area contributed by atoms with Gasteiger partial charge >= 0.3 is 0 Å². The van der Waals surface area contributed by atoms with Gasteiger partial charge in [-0.2, -0.15) is 0 Å². The number of ether oxygens (including phenoxy) is 2. The zero-order valence-corrected chi connectivity index (χ0v) is 25.4. The molecule has 2 amide bonds. The van der Waals surface area contributed by atoms with Crippen molar-refractivity contribution in [2.45, 2.75) is 37.6 Å². The second-order valence-corrected chi connectivity index (χ2v) is 11.5. The minimum atomic E-state index is -0.0562. The predicted molar refractivity (Wildman–Crippen MR) is 167 cm³/mol. The van der Waals surface area contributed by atoms with Crippen molar-refractivity contribution in [3.63, 3.8) is 0 Å². The molecular formula is C33H37N5O4S. The maximum atomic E-state index is 13.0. The van der Waals surface area contributed by atoms with Gasteiger partial charge < -0.3 is 19.3 Å². The van der Waals surface area contributed by atoms with E-state index in [1.165, 1.54) is 0 Å². The lowest BCUT2D eigenvalue weighted by molar-refractivity contribution is -0.145. The molecule has 1 atom stereocenters. The van der Waals surface area contributed by atoms with Crippen LogP contribution in [-0.4, -0.2) is 81.5 Å². The number of benzene rings is 3. The van der Waals surface area contributed by atoms with E-state index in [1.807, 2.05) is 106 Å². The van der Waals surface area contributed by atoms with Crippen LogP contribution >= 0.6 is 11.8 Å². The molecule has 1 aliphatic heterocycles. The van der Waals surface area contributed by atoms with Crippen LogP contribution in [0, 0.1) is 0 Å². The topological polar surface area (TPSA) is 89.8 Å². The Hall–Kier alpha value is -4.15. The van der Waals surface area contributed by atoms with E-state index in [0.717, 1.165) is 39.3 Å². The summed E-state index contributed by atoms with van der Waals surface area (Å²) in [4.78, 5) is 29.5. The van der Waals surface area contributed by atoms with Crippen LogP contribution in [0.3, 0.4) is 0 Å². The Balaban J connectivity index is 1.11. The van der Waals surface area contributed by atoms with Crippen molar-refractivity contribution in [2.24, 2.45) is 0 Å². The van der Waals surface area contributed by atoms with Crippen molar-refractivity contribution in [2.75, 3.05) is 39.1 Å². The van der Waals surface area contributed by atoms with E-state index < -0.39 is 0 Å². The molecule has 0 radical (unpaired) electrons. The summed E-state index contributed by atoms with van der Waals surface area (Å²) in [5.41, 5.74) is 2.91. The number of piperazine rings is 1. The van der Waals surface area contributed by atoms with E-state index in [0.29, 0.717) is 39.1 Å². The lowest BCUT2D eigenvalue weighted by Gasteiger charge is -2.40. The van der Waals surface area contributed by atoms with Gasteiger partial charge in [-0.25, -0.2) is 0 Å². The Labute approximate surface area is 256 Å². The molecule has 1 aliphatic rings. The zero-order valence-electron chi connectivity index (χ0n) is 24.6. The van der Waals surface area contributed by atoms with Gasteiger partial charge in [0.2, 0.25) is 11.8 Å². The molecule has 1 fully saturated rings. The predicted octanol–water partition coefficient (Wildman–Crippen LogP) is 5.09. The van der Waals surface area contributed by atoms with Crippen molar-refractivity contribution in [3.05, 3.63) is 90.5 Å². The van der Waals surface area contributed by atoms with Gasteiger partial charge in [-0.1, -0.05) is 72.4 Å². The molecule has 3 aromatic carbocycles. The van der Waals surface area contributed by atoms with Gasteiger partial charge in [0.05, 0.1) is 13.7 Å². The number of hydrogen-bond acceptors (Lipinski definition) is 7. The monoisotopic (exact) mass is 599 g/mol. The molecule has 1 aromatic heterocycles. The maximum absolute atomic E-state index is 13.0. The van der Waals surface area contributed by atoms with E-state index in [-0.39, 0.29) is 24.5 Å². The van der Waals surface area contributed by atoms with E-state index in [2.05, 4.69) is 10.2 Å². The highest BCUT2D eigenvalue weighted by Crippen LogP contribution is 2.30. The van der Waals surface area contributed by atoms with Crippen LogP contribution in [0.1, 0.15) is 25.3 Å². The standard InChI is InChI=1S/C33H37N5O4S/c1-25-22-36(18-19-37(25)31(40)24-42-23-26-11-5-3-6-12-26)30(39)17-10-20-43-33-35-34-32(27-13-9-16-29(21-27)41-2)38(33)28-14-7-4-8-15-28/h3-9,11-16,21,25H,10,17-20,22-24H2,1-2H3. The van der Waals surface area contributed by atoms with Gasteiger partial charge in [0, 0.05) is 49.1 Å². The molecule has 0 spiro atoms. The Kier molecular flexibility index (Phi) is 10.5. The van der Waals surface area contributed by atoms with Crippen LogP contribution in [-0.2, 0) is 20.9 Å². The summed E-state index contributed by atoms with van der Waals surface area (Å²) in [7, 11) is 1.65. The Morgan fingerprint density at radius 3 is 2.44 bits per heavy atom. The maximum Gasteiger partial charge on any atom is 0.248 e. The summed E-state index contributed by atoms with van der Waals surface area (Å²) in [5, 5.41) is 9.78. The van der Waals surface area contributed by atoms with Crippen molar-refractivity contribution >= 4 is 23.6 Å². The highest BCUT2D eigenvalue weighted by atomic mass is 32.2. The Bertz CT molecular complexity index is 1500. The number of rotatable bonds is 12. The van der Waals surface area contributed by atoms with Crippen LogP contribution in [0.4, 0.5) is 0 Å². The number of thioether (sulfide) groups is 1. The minimum absolute atomic E-state index is 0.0391. The lowest BCUT2D eigenvalue weighted by Crippen LogP contribution is -2.56. The molecule has 1 unspecified atom stereocenters. The van der Waals surface area contributed by atoms with Crippen LogP contribution in [0.25, 0.3) is 17.1 Å². The third-order valence-corrected chi connectivity index (χ3v) is 8.39. The number of hydrogen-bond donors (Lipinski definition) is 0. The van der Waals surface area contributed by atoms with Crippen molar-refractivity contribution in [1.29, 1.82) is 0 Å². The summed E-state index contributed by atoms with van der Waals surface area (Å²) in [5.74, 6) is 2.28. The molecule has 5 rings (SSSR count). The number of nitrogens with zero attached hydrogens (tertiary/aromatic N) is 5. The number of methoxy groups -OCH3 is 1. The Morgan fingerprint density at radius 1 is 0.930 bits per heavy atom. The summed E-state index contributed by atoms with van der Waals surface area (Å²) in [6.45, 7) is 4.01. The van der Waals surface area contributed by atoms with Gasteiger partial charge in [-0.15, -0.1) is 10.2 Å². The fourth-order valence-corrected chi connectivity index (χ4v) is 6.03. The van der Waals surface area contributed by atoms with Crippen LogP contribution in [0.2, 0.25) is 0 Å². The molecular weight excluding hydrogens is 562 g/mol. The second kappa shape index (κ2) is 14.8. The summed E-state index contributed by atoms with van der Waals surface area (Å²) in [6.07, 6.45) is 1.15. The van der Waals surface area contributed by atoms with Gasteiger partial charge in [-0.05, 0) is 43.2 Å². The normalized spacial score (nSPS) is 15.0. The van der Waals surface area contributed by atoms with Crippen LogP contribution in [0.15, 0.2) is 90.1 Å². The van der Waals surface area contributed by atoms with Crippen molar-refractivity contribution in [3.8, 4) is 22.8 Å². The number of carbonyl (C=O) groups is 2. The SMILES string of the molecule is COc1cccc(-c2nnc(SCCCC(=O)N3CCN(C(=O)COCc4ccccc4)C(C)C3)n2-c2ccccc2)c1. The lowest BCUT2D eigenvalue weighted by atomic mass is 10.1. The Morgan fingerprint density at radius 2 is 1.70 bits per heavy atom. The van der Waals surface area contributed by atoms with E-state index in [4.69, 9.17) is 9.47 Å². The molecule has 1 saturated heterocycles. The third kappa shape index (κ3) is 7.82. The zero-order chi connectivity index (χ0) is 30.0. The highest BCUT2D eigenvalue weighted by Gasteiger charge is 2.29. The fourth-order valence-electron chi connectivity index (χ4n) is 5.14. The van der Waals surface area contributed by atoms with Crippen LogP contribution < -0.4 is 4.74 Å². The first-order chi connectivity index (χ1) is 21.0. The van der Waals surface area contributed by atoms with E-state index >= 15 is 0 Å².